The summed E-state index contributed by atoms with van der Waals surface area (Å²) < 4.78 is 5.45. The standard InChI is InChI=1S/C19H27N3O3/c1-13-6-7-15(10-16(13)17-21-14(2)11-25-17)22-18(24)20-9-5-8-19(3,4)12-23/h6-7,10-11,23H,5,8-9,12H2,1-4H3,(H2,20,22,24). The maximum absolute atomic E-state index is 12.0. The van der Waals surface area contributed by atoms with Crippen molar-refractivity contribution < 1.29 is 14.3 Å². The van der Waals surface area contributed by atoms with Crippen molar-refractivity contribution in [2.75, 3.05) is 18.5 Å². The summed E-state index contributed by atoms with van der Waals surface area (Å²) in [6.07, 6.45) is 3.27. The van der Waals surface area contributed by atoms with E-state index in [0.29, 0.717) is 18.1 Å². The van der Waals surface area contributed by atoms with Crippen molar-refractivity contribution in [2.45, 2.75) is 40.5 Å². The van der Waals surface area contributed by atoms with Crippen molar-refractivity contribution in [3.05, 3.63) is 35.7 Å². The minimum Gasteiger partial charge on any atom is -0.444 e. The quantitative estimate of drug-likeness (QED) is 0.665. The molecule has 0 saturated heterocycles. The van der Waals surface area contributed by atoms with Crippen LogP contribution in [0.4, 0.5) is 10.5 Å². The number of carbonyl (C=O) groups is 1. The Hall–Kier alpha value is -2.34. The number of aryl methyl sites for hydroxylation is 2. The molecule has 1 aromatic heterocycles. The predicted molar refractivity (Wildman–Crippen MR) is 98.5 cm³/mol. The van der Waals surface area contributed by atoms with Crippen molar-refractivity contribution in [1.82, 2.24) is 10.3 Å². The molecule has 2 rings (SSSR count). The maximum atomic E-state index is 12.0. The number of hydrogen-bond donors (Lipinski definition) is 3. The highest BCUT2D eigenvalue weighted by molar-refractivity contribution is 5.90. The van der Waals surface area contributed by atoms with Crippen molar-refractivity contribution in [3.63, 3.8) is 0 Å². The van der Waals surface area contributed by atoms with Crippen LogP contribution in [0.5, 0.6) is 0 Å². The maximum Gasteiger partial charge on any atom is 0.319 e. The number of aliphatic hydroxyl groups is 1. The third-order valence-electron chi connectivity index (χ3n) is 4.09. The van der Waals surface area contributed by atoms with Crippen LogP contribution in [0.1, 0.15) is 37.9 Å². The molecule has 0 aliphatic heterocycles. The summed E-state index contributed by atoms with van der Waals surface area (Å²) in [5, 5.41) is 14.9. The minimum atomic E-state index is -0.250. The third kappa shape index (κ3) is 5.60. The third-order valence-corrected chi connectivity index (χ3v) is 4.09. The second-order valence-corrected chi connectivity index (χ2v) is 7.13. The number of rotatable bonds is 7. The average Bonchev–Trinajstić information content (AvgIpc) is 3.00. The molecular weight excluding hydrogens is 318 g/mol. The van der Waals surface area contributed by atoms with E-state index in [2.05, 4.69) is 15.6 Å². The normalized spacial score (nSPS) is 11.4. The lowest BCUT2D eigenvalue weighted by Gasteiger charge is -2.21. The van der Waals surface area contributed by atoms with Crippen molar-refractivity contribution in [3.8, 4) is 11.5 Å². The number of nitrogens with one attached hydrogen (secondary N) is 2. The molecule has 2 amide bonds. The van der Waals surface area contributed by atoms with Crippen molar-refractivity contribution in [1.29, 1.82) is 0 Å². The highest BCUT2D eigenvalue weighted by atomic mass is 16.3. The number of urea groups is 1. The largest absolute Gasteiger partial charge is 0.444 e. The fourth-order valence-corrected chi connectivity index (χ4v) is 2.43. The van der Waals surface area contributed by atoms with Crippen molar-refractivity contribution in [2.24, 2.45) is 5.41 Å². The van der Waals surface area contributed by atoms with Crippen LogP contribution < -0.4 is 10.6 Å². The molecule has 0 aliphatic rings. The molecule has 0 fully saturated rings. The van der Waals surface area contributed by atoms with Gasteiger partial charge in [-0.25, -0.2) is 9.78 Å². The predicted octanol–water partition coefficient (Wildman–Crippen LogP) is 3.88. The molecule has 1 heterocycles. The van der Waals surface area contributed by atoms with Crippen LogP contribution >= 0.6 is 0 Å². The van der Waals surface area contributed by atoms with Gasteiger partial charge in [0.2, 0.25) is 5.89 Å². The lowest BCUT2D eigenvalue weighted by atomic mass is 9.89. The number of carbonyl (C=O) groups excluding carboxylic acids is 1. The Bertz CT molecular complexity index is 722. The summed E-state index contributed by atoms with van der Waals surface area (Å²) in [5.41, 5.74) is 3.27. The zero-order valence-corrected chi connectivity index (χ0v) is 15.3. The van der Waals surface area contributed by atoms with E-state index in [1.807, 2.05) is 45.9 Å². The Labute approximate surface area is 148 Å². The molecule has 1 aromatic carbocycles. The summed E-state index contributed by atoms with van der Waals surface area (Å²) in [6.45, 7) is 8.56. The smallest absolute Gasteiger partial charge is 0.319 e. The molecule has 0 bridgehead atoms. The van der Waals surface area contributed by atoms with Gasteiger partial charge in [-0.15, -0.1) is 0 Å². The van der Waals surface area contributed by atoms with Crippen LogP contribution in [-0.2, 0) is 0 Å². The van der Waals surface area contributed by atoms with Gasteiger partial charge >= 0.3 is 6.03 Å². The molecule has 0 saturated carbocycles. The summed E-state index contributed by atoms with van der Waals surface area (Å²) in [6, 6.07) is 5.38. The Morgan fingerprint density at radius 1 is 1.32 bits per heavy atom. The van der Waals surface area contributed by atoms with Gasteiger partial charge < -0.3 is 20.2 Å². The minimum absolute atomic E-state index is 0.113. The van der Waals surface area contributed by atoms with E-state index in [1.54, 1.807) is 6.26 Å². The van der Waals surface area contributed by atoms with E-state index in [0.717, 1.165) is 29.7 Å². The van der Waals surface area contributed by atoms with Gasteiger partial charge in [-0.3, -0.25) is 0 Å². The molecule has 0 atom stereocenters. The molecule has 6 nitrogen and oxygen atoms in total. The molecule has 0 unspecified atom stereocenters. The second kappa shape index (κ2) is 8.16. The molecule has 0 radical (unpaired) electrons. The number of aromatic nitrogens is 1. The number of aliphatic hydroxyl groups excluding tert-OH is 1. The van der Waals surface area contributed by atoms with E-state index in [4.69, 9.17) is 4.42 Å². The van der Waals surface area contributed by atoms with E-state index < -0.39 is 0 Å². The SMILES string of the molecule is Cc1coc(-c2cc(NC(=O)NCCCC(C)(C)CO)ccc2C)n1. The topological polar surface area (TPSA) is 87.4 Å². The van der Waals surface area contributed by atoms with Gasteiger partial charge in [0.25, 0.3) is 0 Å². The van der Waals surface area contributed by atoms with Gasteiger partial charge in [0.05, 0.1) is 5.69 Å². The molecule has 0 spiro atoms. The van der Waals surface area contributed by atoms with Gasteiger partial charge in [0.15, 0.2) is 0 Å². The Morgan fingerprint density at radius 3 is 2.72 bits per heavy atom. The van der Waals surface area contributed by atoms with Gasteiger partial charge in [0.1, 0.15) is 6.26 Å². The molecule has 136 valence electrons. The molecule has 6 heteroatoms. The number of amides is 2. The Morgan fingerprint density at radius 2 is 2.08 bits per heavy atom. The van der Waals surface area contributed by atoms with Crippen LogP contribution in [0.2, 0.25) is 0 Å². The van der Waals surface area contributed by atoms with Gasteiger partial charge in [-0.05, 0) is 49.8 Å². The fraction of sp³-hybridized carbons (Fsp3) is 0.474. The van der Waals surface area contributed by atoms with Crippen LogP contribution in [0.3, 0.4) is 0 Å². The fourth-order valence-electron chi connectivity index (χ4n) is 2.43. The first kappa shape index (κ1) is 19.0. The van der Waals surface area contributed by atoms with E-state index in [1.165, 1.54) is 0 Å². The Kier molecular flexibility index (Phi) is 6.20. The van der Waals surface area contributed by atoms with Gasteiger partial charge in [-0.1, -0.05) is 19.9 Å². The number of oxazole rings is 1. The molecule has 25 heavy (non-hydrogen) atoms. The van der Waals surface area contributed by atoms with Gasteiger partial charge in [0, 0.05) is 24.4 Å². The lowest BCUT2D eigenvalue weighted by Crippen LogP contribution is -2.30. The van der Waals surface area contributed by atoms with Crippen LogP contribution in [-0.4, -0.2) is 29.3 Å². The number of anilines is 1. The summed E-state index contributed by atoms with van der Waals surface area (Å²) >= 11 is 0. The first-order chi connectivity index (χ1) is 11.8. The highest BCUT2D eigenvalue weighted by Gasteiger charge is 2.15. The van der Waals surface area contributed by atoms with E-state index in [-0.39, 0.29) is 18.1 Å². The summed E-state index contributed by atoms with van der Waals surface area (Å²) in [7, 11) is 0. The zero-order valence-electron chi connectivity index (χ0n) is 15.3. The first-order valence-corrected chi connectivity index (χ1v) is 8.49. The zero-order chi connectivity index (χ0) is 18.4. The average molecular weight is 345 g/mol. The number of benzene rings is 1. The molecule has 0 aliphatic carbocycles. The highest BCUT2D eigenvalue weighted by Crippen LogP contribution is 2.26. The lowest BCUT2D eigenvalue weighted by molar-refractivity contribution is 0.148. The Balaban J connectivity index is 1.91. The molecule has 3 N–H and O–H groups in total. The number of nitrogens with zero attached hydrogens (tertiary/aromatic N) is 1. The monoisotopic (exact) mass is 345 g/mol. The van der Waals surface area contributed by atoms with E-state index in [9.17, 15) is 9.90 Å². The summed E-state index contributed by atoms with van der Waals surface area (Å²) in [5.74, 6) is 0.547. The van der Waals surface area contributed by atoms with Crippen molar-refractivity contribution >= 4 is 11.7 Å². The summed E-state index contributed by atoms with van der Waals surface area (Å²) in [4.78, 5) is 16.4. The molecular formula is C19H27N3O3. The van der Waals surface area contributed by atoms with E-state index >= 15 is 0 Å². The van der Waals surface area contributed by atoms with Crippen LogP contribution in [0, 0.1) is 19.3 Å². The second-order valence-electron chi connectivity index (χ2n) is 7.13. The van der Waals surface area contributed by atoms with Gasteiger partial charge in [-0.2, -0.15) is 0 Å². The van der Waals surface area contributed by atoms with Crippen LogP contribution in [0.15, 0.2) is 28.9 Å². The first-order valence-electron chi connectivity index (χ1n) is 8.49. The number of hydrogen-bond acceptors (Lipinski definition) is 4. The van der Waals surface area contributed by atoms with Crippen LogP contribution in [0.25, 0.3) is 11.5 Å². The molecule has 2 aromatic rings.